The molecule has 3 heteroatoms. The fraction of sp³-hybridized carbons (Fsp3) is 0.500. The molecule has 1 saturated heterocycles. The summed E-state index contributed by atoms with van der Waals surface area (Å²) in [6.07, 6.45) is 0.794. The number of carbonyl (C=O) groups is 1. The predicted molar refractivity (Wildman–Crippen MR) is 64.7 cm³/mol. The molecule has 90 valence electrons. The smallest absolute Gasteiger partial charge is 0.411 e. The Balaban J connectivity index is 1.75. The maximum Gasteiger partial charge on any atom is 0.411 e. The van der Waals surface area contributed by atoms with Gasteiger partial charge < -0.3 is 4.74 Å². The van der Waals surface area contributed by atoms with Crippen LogP contribution in [0.5, 0.6) is 0 Å². The van der Waals surface area contributed by atoms with E-state index in [0.717, 1.165) is 6.42 Å². The Morgan fingerprint density at radius 2 is 2.06 bits per heavy atom. The summed E-state index contributed by atoms with van der Waals surface area (Å²) in [6, 6.07) is 8.95. The highest BCUT2D eigenvalue weighted by atomic mass is 16.6. The number of carbonyl (C=O) groups excluding carboxylic acids is 1. The molecule has 0 saturated carbocycles. The van der Waals surface area contributed by atoms with Crippen LogP contribution >= 0.6 is 0 Å². The molecule has 0 aromatic heterocycles. The van der Waals surface area contributed by atoms with Gasteiger partial charge >= 0.3 is 6.09 Å². The molecule has 1 aromatic rings. The van der Waals surface area contributed by atoms with Crippen molar-refractivity contribution >= 4 is 6.09 Å². The summed E-state index contributed by atoms with van der Waals surface area (Å²) in [4.78, 5) is 13.8. The summed E-state index contributed by atoms with van der Waals surface area (Å²) in [5, 5.41) is 0. The first kappa shape index (κ1) is 10.6. The largest absolute Gasteiger partial charge is 0.444 e. The summed E-state index contributed by atoms with van der Waals surface area (Å²) >= 11 is 0. The average molecular weight is 231 g/mol. The van der Waals surface area contributed by atoms with Crippen LogP contribution in [0.3, 0.4) is 0 Å². The van der Waals surface area contributed by atoms with Gasteiger partial charge in [-0.25, -0.2) is 4.79 Å². The van der Waals surface area contributed by atoms with Gasteiger partial charge in [0.2, 0.25) is 0 Å². The molecular formula is C14H17NO2. The molecule has 3 nitrogen and oxygen atoms in total. The minimum atomic E-state index is -0.409. The minimum absolute atomic E-state index is 0.179. The van der Waals surface area contributed by atoms with Crippen molar-refractivity contribution < 1.29 is 9.53 Å². The van der Waals surface area contributed by atoms with Gasteiger partial charge in [-0.3, -0.25) is 4.90 Å². The van der Waals surface area contributed by atoms with E-state index in [4.69, 9.17) is 4.74 Å². The second-order valence-electron chi connectivity index (χ2n) is 5.80. The Kier molecular flexibility index (Phi) is 2.03. The van der Waals surface area contributed by atoms with Crippen molar-refractivity contribution in [1.82, 2.24) is 4.90 Å². The first-order chi connectivity index (χ1) is 7.97. The van der Waals surface area contributed by atoms with Crippen molar-refractivity contribution in [2.45, 2.75) is 44.9 Å². The van der Waals surface area contributed by atoms with E-state index in [-0.39, 0.29) is 12.1 Å². The molecule has 2 atom stereocenters. The number of fused-ring (bicyclic) bond motifs is 3. The van der Waals surface area contributed by atoms with E-state index < -0.39 is 5.60 Å². The minimum Gasteiger partial charge on any atom is -0.444 e. The second-order valence-corrected chi connectivity index (χ2v) is 5.80. The topological polar surface area (TPSA) is 29.3 Å². The van der Waals surface area contributed by atoms with Crippen LogP contribution in [0.1, 0.15) is 37.9 Å². The van der Waals surface area contributed by atoms with Gasteiger partial charge in [-0.2, -0.15) is 0 Å². The fourth-order valence-electron chi connectivity index (χ4n) is 2.64. The molecule has 0 spiro atoms. The van der Waals surface area contributed by atoms with Crippen LogP contribution in [0.2, 0.25) is 0 Å². The summed E-state index contributed by atoms with van der Waals surface area (Å²) < 4.78 is 5.40. The lowest BCUT2D eigenvalue weighted by Crippen LogP contribution is -2.28. The van der Waals surface area contributed by atoms with Crippen molar-refractivity contribution in [3.05, 3.63) is 35.4 Å². The van der Waals surface area contributed by atoms with E-state index >= 15 is 0 Å². The summed E-state index contributed by atoms with van der Waals surface area (Å²) in [6.45, 7) is 5.70. The van der Waals surface area contributed by atoms with Gasteiger partial charge in [0.1, 0.15) is 5.60 Å². The van der Waals surface area contributed by atoms with Gasteiger partial charge in [0.15, 0.2) is 0 Å². The van der Waals surface area contributed by atoms with Gasteiger partial charge in [0.25, 0.3) is 0 Å². The summed E-state index contributed by atoms with van der Waals surface area (Å²) in [5.41, 5.74) is 2.26. The van der Waals surface area contributed by atoms with Crippen LogP contribution in [0, 0.1) is 0 Å². The maximum absolute atomic E-state index is 11.9. The highest BCUT2D eigenvalue weighted by Gasteiger charge is 2.57. The van der Waals surface area contributed by atoms with Crippen molar-refractivity contribution in [2.24, 2.45) is 0 Å². The molecule has 3 rings (SSSR count). The van der Waals surface area contributed by atoms with E-state index in [1.165, 1.54) is 11.1 Å². The van der Waals surface area contributed by atoms with E-state index in [2.05, 4.69) is 18.2 Å². The molecule has 1 aromatic carbocycles. The lowest BCUT2D eigenvalue weighted by molar-refractivity contribution is 0.0390. The van der Waals surface area contributed by atoms with E-state index in [1.807, 2.05) is 31.7 Å². The highest BCUT2D eigenvalue weighted by molar-refractivity contribution is 5.74. The van der Waals surface area contributed by atoms with Crippen LogP contribution in [0.25, 0.3) is 0 Å². The molecule has 1 amide bonds. The third-order valence-corrected chi connectivity index (χ3v) is 3.34. The van der Waals surface area contributed by atoms with Crippen LogP contribution in [0.15, 0.2) is 24.3 Å². The molecule has 0 unspecified atom stereocenters. The maximum atomic E-state index is 11.9. The fourth-order valence-corrected chi connectivity index (χ4v) is 2.64. The molecule has 1 heterocycles. The predicted octanol–water partition coefficient (Wildman–Crippen LogP) is 2.90. The first-order valence-electron chi connectivity index (χ1n) is 6.06. The number of hydrogen-bond acceptors (Lipinski definition) is 2. The molecule has 0 radical (unpaired) electrons. The van der Waals surface area contributed by atoms with Crippen LogP contribution in [-0.4, -0.2) is 22.6 Å². The number of amides is 1. The Bertz CT molecular complexity index is 475. The van der Waals surface area contributed by atoms with Gasteiger partial charge in [0, 0.05) is 0 Å². The highest BCUT2D eigenvalue weighted by Crippen LogP contribution is 2.52. The van der Waals surface area contributed by atoms with Gasteiger partial charge in [0.05, 0.1) is 12.1 Å². The lowest BCUT2D eigenvalue weighted by atomic mass is 10.1. The number of benzene rings is 1. The summed E-state index contributed by atoms with van der Waals surface area (Å²) in [7, 11) is 0. The van der Waals surface area contributed by atoms with Crippen molar-refractivity contribution in [3.63, 3.8) is 0 Å². The zero-order valence-corrected chi connectivity index (χ0v) is 10.4. The summed E-state index contributed by atoms with van der Waals surface area (Å²) in [5.74, 6) is 0. The second kappa shape index (κ2) is 3.25. The zero-order valence-electron chi connectivity index (χ0n) is 10.4. The van der Waals surface area contributed by atoms with Crippen LogP contribution in [-0.2, 0) is 11.2 Å². The Morgan fingerprint density at radius 3 is 2.76 bits per heavy atom. The Hall–Kier alpha value is -1.51. The van der Waals surface area contributed by atoms with Gasteiger partial charge in [-0.15, -0.1) is 0 Å². The van der Waals surface area contributed by atoms with E-state index in [1.54, 1.807) is 0 Å². The zero-order chi connectivity index (χ0) is 12.2. The first-order valence-corrected chi connectivity index (χ1v) is 6.06. The quantitative estimate of drug-likeness (QED) is 0.642. The van der Waals surface area contributed by atoms with Crippen molar-refractivity contribution in [2.75, 3.05) is 0 Å². The van der Waals surface area contributed by atoms with Crippen LogP contribution < -0.4 is 0 Å². The molecule has 17 heavy (non-hydrogen) atoms. The monoisotopic (exact) mass is 231 g/mol. The molecule has 1 aliphatic carbocycles. The SMILES string of the molecule is CC(C)(C)OC(=O)N1[C@@H]2Cc3ccccc3[C@@H]21. The van der Waals surface area contributed by atoms with Crippen molar-refractivity contribution in [1.29, 1.82) is 0 Å². The third-order valence-electron chi connectivity index (χ3n) is 3.34. The molecule has 1 aliphatic heterocycles. The molecule has 2 aliphatic rings. The molecular weight excluding hydrogens is 214 g/mol. The van der Waals surface area contributed by atoms with E-state index in [9.17, 15) is 4.79 Å². The number of hydrogen-bond donors (Lipinski definition) is 0. The standard InChI is InChI=1S/C14H17NO2/c1-14(2,3)17-13(16)15-11-8-9-6-4-5-7-10(9)12(11)15/h4-7,11-12H,8H2,1-3H3/t11-,12+,15?/m1/s1. The van der Waals surface area contributed by atoms with Gasteiger partial charge in [-0.1, -0.05) is 24.3 Å². The molecule has 1 fully saturated rings. The number of ether oxygens (including phenoxy) is 1. The van der Waals surface area contributed by atoms with Crippen LogP contribution in [0.4, 0.5) is 4.79 Å². The van der Waals surface area contributed by atoms with Gasteiger partial charge in [-0.05, 0) is 38.3 Å². The lowest BCUT2D eigenvalue weighted by Gasteiger charge is -2.21. The average Bonchev–Trinajstić information content (AvgIpc) is 2.80. The van der Waals surface area contributed by atoms with E-state index in [0.29, 0.717) is 6.04 Å². The number of nitrogens with zero attached hydrogens (tertiary/aromatic N) is 1. The van der Waals surface area contributed by atoms with Crippen molar-refractivity contribution in [3.8, 4) is 0 Å². The normalized spacial score (nSPS) is 25.2. The third kappa shape index (κ3) is 1.70. The Labute approximate surface area is 101 Å². The Morgan fingerprint density at radius 1 is 1.35 bits per heavy atom. The molecule has 0 N–H and O–H groups in total. The number of rotatable bonds is 0. The molecule has 0 bridgehead atoms.